The highest BCUT2D eigenvalue weighted by molar-refractivity contribution is 6.06. The Morgan fingerprint density at radius 2 is 2.05 bits per heavy atom. The largest absolute Gasteiger partial charge is 0.482 e. The van der Waals surface area contributed by atoms with Crippen LogP contribution in [0.15, 0.2) is 42.5 Å². The maximum Gasteiger partial charge on any atom is 0.262 e. The molecule has 5 heteroatoms. The second kappa shape index (κ2) is 5.28. The summed E-state index contributed by atoms with van der Waals surface area (Å²) in [7, 11) is 0. The van der Waals surface area contributed by atoms with Crippen molar-refractivity contribution in [2.24, 2.45) is 0 Å². The van der Waals surface area contributed by atoms with Gasteiger partial charge in [0, 0.05) is 11.3 Å². The van der Waals surface area contributed by atoms with Gasteiger partial charge in [0.15, 0.2) is 6.61 Å². The molecule has 0 unspecified atom stereocenters. The minimum atomic E-state index is -0.215. The van der Waals surface area contributed by atoms with Crippen molar-refractivity contribution in [2.45, 2.75) is 6.92 Å². The van der Waals surface area contributed by atoms with Gasteiger partial charge in [0.2, 0.25) is 0 Å². The molecule has 2 amide bonds. The van der Waals surface area contributed by atoms with Crippen molar-refractivity contribution in [1.82, 2.24) is 0 Å². The van der Waals surface area contributed by atoms with E-state index in [4.69, 9.17) is 4.74 Å². The molecule has 1 aliphatic heterocycles. The third-order valence-electron chi connectivity index (χ3n) is 3.27. The fourth-order valence-electron chi connectivity index (χ4n) is 2.12. The lowest BCUT2D eigenvalue weighted by molar-refractivity contribution is -0.118. The normalized spacial score (nSPS) is 12.9. The standard InChI is InChI=1S/C16H14N2O3/c1-10-4-2-3-5-12(10)18-16(20)11-6-7-13-14(8-11)21-9-15(19)17-13/h2-8H,9H2,1H3,(H,17,19)(H,18,20). The zero-order valence-corrected chi connectivity index (χ0v) is 11.5. The number of hydrogen-bond donors (Lipinski definition) is 2. The van der Waals surface area contributed by atoms with Gasteiger partial charge in [0.1, 0.15) is 5.75 Å². The fraction of sp³-hybridized carbons (Fsp3) is 0.125. The molecular weight excluding hydrogens is 268 g/mol. The van der Waals surface area contributed by atoms with E-state index in [2.05, 4.69) is 10.6 Å². The van der Waals surface area contributed by atoms with E-state index in [0.717, 1.165) is 11.3 Å². The van der Waals surface area contributed by atoms with Gasteiger partial charge in [-0.3, -0.25) is 9.59 Å². The van der Waals surface area contributed by atoms with Crippen LogP contribution in [0.1, 0.15) is 15.9 Å². The Kier molecular flexibility index (Phi) is 3.31. The number of rotatable bonds is 2. The summed E-state index contributed by atoms with van der Waals surface area (Å²) < 4.78 is 5.31. The number of hydrogen-bond acceptors (Lipinski definition) is 3. The van der Waals surface area contributed by atoms with Gasteiger partial charge in [-0.1, -0.05) is 18.2 Å². The molecule has 0 radical (unpaired) electrons. The lowest BCUT2D eigenvalue weighted by atomic mass is 10.1. The highest BCUT2D eigenvalue weighted by atomic mass is 16.5. The van der Waals surface area contributed by atoms with Crippen LogP contribution in [-0.4, -0.2) is 18.4 Å². The molecule has 2 N–H and O–H groups in total. The van der Waals surface area contributed by atoms with Crippen molar-refractivity contribution in [1.29, 1.82) is 0 Å². The van der Waals surface area contributed by atoms with Crippen molar-refractivity contribution in [2.75, 3.05) is 17.2 Å². The van der Waals surface area contributed by atoms with Crippen LogP contribution in [0, 0.1) is 6.92 Å². The van der Waals surface area contributed by atoms with Crippen LogP contribution in [0.3, 0.4) is 0 Å². The first-order chi connectivity index (χ1) is 10.1. The zero-order chi connectivity index (χ0) is 14.8. The minimum Gasteiger partial charge on any atom is -0.482 e. The number of amides is 2. The maximum atomic E-state index is 12.3. The molecule has 0 saturated heterocycles. The first-order valence-corrected chi connectivity index (χ1v) is 6.57. The SMILES string of the molecule is Cc1ccccc1NC(=O)c1ccc2c(c1)OCC(=O)N2. The number of fused-ring (bicyclic) bond motifs is 1. The van der Waals surface area contributed by atoms with E-state index in [1.165, 1.54) is 0 Å². The molecule has 1 aliphatic rings. The Bertz CT molecular complexity index is 725. The summed E-state index contributed by atoms with van der Waals surface area (Å²) in [6.07, 6.45) is 0. The summed E-state index contributed by atoms with van der Waals surface area (Å²) in [5, 5.41) is 5.55. The number of carbonyl (C=O) groups excluding carboxylic acids is 2. The molecular formula is C16H14N2O3. The number of aryl methyl sites for hydroxylation is 1. The van der Waals surface area contributed by atoms with Crippen molar-refractivity contribution in [3.8, 4) is 5.75 Å². The number of nitrogens with one attached hydrogen (secondary N) is 2. The first kappa shape index (κ1) is 13.2. The van der Waals surface area contributed by atoms with Crippen molar-refractivity contribution >= 4 is 23.2 Å². The van der Waals surface area contributed by atoms with Gasteiger partial charge in [-0.05, 0) is 36.8 Å². The van der Waals surface area contributed by atoms with Crippen LogP contribution in [0.2, 0.25) is 0 Å². The molecule has 0 bridgehead atoms. The zero-order valence-electron chi connectivity index (χ0n) is 11.5. The predicted octanol–water partition coefficient (Wildman–Crippen LogP) is 2.58. The van der Waals surface area contributed by atoms with Crippen LogP contribution >= 0.6 is 0 Å². The van der Waals surface area contributed by atoms with Crippen LogP contribution in [0.25, 0.3) is 0 Å². The van der Waals surface area contributed by atoms with Crippen molar-refractivity contribution in [3.63, 3.8) is 0 Å². The number of anilines is 2. The summed E-state index contributed by atoms with van der Waals surface area (Å²) in [5.74, 6) is 0.0965. The van der Waals surface area contributed by atoms with Gasteiger partial charge in [0.05, 0.1) is 5.69 Å². The fourth-order valence-corrected chi connectivity index (χ4v) is 2.12. The van der Waals surface area contributed by atoms with Crippen molar-refractivity contribution < 1.29 is 14.3 Å². The van der Waals surface area contributed by atoms with E-state index in [1.807, 2.05) is 31.2 Å². The Morgan fingerprint density at radius 3 is 2.86 bits per heavy atom. The summed E-state index contributed by atoms with van der Waals surface area (Å²) in [4.78, 5) is 23.5. The number of para-hydroxylation sites is 1. The van der Waals surface area contributed by atoms with Crippen LogP contribution < -0.4 is 15.4 Å². The maximum absolute atomic E-state index is 12.3. The Hall–Kier alpha value is -2.82. The molecule has 1 heterocycles. The third kappa shape index (κ3) is 2.72. The Labute approximate surface area is 121 Å². The molecule has 2 aromatic rings. The third-order valence-corrected chi connectivity index (χ3v) is 3.27. The van der Waals surface area contributed by atoms with Crippen LogP contribution in [0.4, 0.5) is 11.4 Å². The molecule has 0 spiro atoms. The molecule has 5 nitrogen and oxygen atoms in total. The second-order valence-corrected chi connectivity index (χ2v) is 4.82. The average molecular weight is 282 g/mol. The smallest absolute Gasteiger partial charge is 0.262 e. The number of carbonyl (C=O) groups is 2. The molecule has 0 atom stereocenters. The Morgan fingerprint density at radius 1 is 1.24 bits per heavy atom. The highest BCUT2D eigenvalue weighted by Crippen LogP contribution is 2.28. The Balaban J connectivity index is 1.83. The van der Waals surface area contributed by atoms with Crippen LogP contribution in [-0.2, 0) is 4.79 Å². The molecule has 0 aliphatic carbocycles. The molecule has 21 heavy (non-hydrogen) atoms. The molecule has 106 valence electrons. The molecule has 0 saturated carbocycles. The molecule has 0 fully saturated rings. The highest BCUT2D eigenvalue weighted by Gasteiger charge is 2.18. The van der Waals surface area contributed by atoms with E-state index in [9.17, 15) is 9.59 Å². The molecule has 3 rings (SSSR count). The predicted molar refractivity (Wildman–Crippen MR) is 79.7 cm³/mol. The summed E-state index contributed by atoms with van der Waals surface area (Å²) in [6, 6.07) is 12.5. The van der Waals surface area contributed by atoms with Gasteiger partial charge < -0.3 is 15.4 Å². The monoisotopic (exact) mass is 282 g/mol. The van der Waals surface area contributed by atoms with E-state index in [0.29, 0.717) is 17.0 Å². The van der Waals surface area contributed by atoms with Crippen LogP contribution in [0.5, 0.6) is 5.75 Å². The first-order valence-electron chi connectivity index (χ1n) is 6.57. The lowest BCUT2D eigenvalue weighted by Crippen LogP contribution is -2.25. The average Bonchev–Trinajstić information content (AvgIpc) is 2.49. The second-order valence-electron chi connectivity index (χ2n) is 4.82. The quantitative estimate of drug-likeness (QED) is 0.889. The van der Waals surface area contributed by atoms with E-state index in [-0.39, 0.29) is 18.4 Å². The van der Waals surface area contributed by atoms with E-state index < -0.39 is 0 Å². The molecule has 0 aromatic heterocycles. The number of ether oxygens (including phenoxy) is 1. The van der Waals surface area contributed by atoms with E-state index in [1.54, 1.807) is 18.2 Å². The van der Waals surface area contributed by atoms with Crippen molar-refractivity contribution in [3.05, 3.63) is 53.6 Å². The summed E-state index contributed by atoms with van der Waals surface area (Å²) in [6.45, 7) is 1.90. The van der Waals surface area contributed by atoms with Gasteiger partial charge in [0.25, 0.3) is 11.8 Å². The number of benzene rings is 2. The lowest BCUT2D eigenvalue weighted by Gasteiger charge is -2.18. The summed E-state index contributed by atoms with van der Waals surface area (Å²) >= 11 is 0. The van der Waals surface area contributed by atoms with Gasteiger partial charge in [-0.25, -0.2) is 0 Å². The van der Waals surface area contributed by atoms with Gasteiger partial charge >= 0.3 is 0 Å². The topological polar surface area (TPSA) is 67.4 Å². The summed E-state index contributed by atoms with van der Waals surface area (Å²) in [5.41, 5.74) is 2.83. The minimum absolute atomic E-state index is 0.0319. The van der Waals surface area contributed by atoms with E-state index >= 15 is 0 Å². The molecule has 2 aromatic carbocycles. The van der Waals surface area contributed by atoms with Gasteiger partial charge in [-0.15, -0.1) is 0 Å². The van der Waals surface area contributed by atoms with Gasteiger partial charge in [-0.2, -0.15) is 0 Å².